The summed E-state index contributed by atoms with van der Waals surface area (Å²) in [6.07, 6.45) is 0. The highest BCUT2D eigenvalue weighted by Gasteiger charge is 2.29. The van der Waals surface area contributed by atoms with Crippen LogP contribution in [-0.2, 0) is 16.4 Å². The normalized spacial score (nSPS) is 12.7. The number of hydrogen-bond acceptors (Lipinski definition) is 3. The molecule has 1 aromatic rings. The zero-order valence-electron chi connectivity index (χ0n) is 10.0. The lowest BCUT2D eigenvalue weighted by atomic mass is 9.80. The maximum atomic E-state index is 11.4. The molecule has 0 bridgehead atoms. The van der Waals surface area contributed by atoms with Crippen LogP contribution in [0.5, 0.6) is 0 Å². The Hall–Kier alpha value is -0.743. The van der Waals surface area contributed by atoms with E-state index in [9.17, 15) is 9.59 Å². The smallest absolute Gasteiger partial charge is 0.231 e. The van der Waals surface area contributed by atoms with Crippen molar-refractivity contribution in [2.75, 3.05) is 0 Å². The van der Waals surface area contributed by atoms with Gasteiger partial charge >= 0.3 is 0 Å². The zero-order chi connectivity index (χ0) is 11.8. The average molecular weight is 226 g/mol. The first-order valence-electron chi connectivity index (χ1n) is 5.19. The Morgan fingerprint density at radius 2 is 1.67 bits per heavy atom. The zero-order valence-corrected chi connectivity index (χ0v) is 11.2. The van der Waals surface area contributed by atoms with Gasteiger partial charge in [-0.2, -0.15) is 0 Å². The van der Waals surface area contributed by atoms with E-state index in [-0.39, 0.29) is 16.3 Å². The Morgan fingerprint density at radius 1 is 1.13 bits per heavy atom. The van der Waals surface area contributed by atoms with Crippen molar-refractivity contribution in [2.24, 2.45) is 0 Å². The van der Waals surface area contributed by atoms with Crippen LogP contribution in [-0.4, -0.2) is 9.04 Å². The molecule has 15 heavy (non-hydrogen) atoms. The molecule has 84 valence electrons. The summed E-state index contributed by atoms with van der Waals surface area (Å²) in [5.41, 5.74) is 0.319. The molecule has 0 saturated heterocycles. The predicted octanol–water partition coefficient (Wildman–Crippen LogP) is 1.08. The first kappa shape index (κ1) is 12.3. The highest BCUT2D eigenvalue weighted by Crippen LogP contribution is 2.22. The standard InChI is InChI=1S/C11H18O3Si/c1-11(2,3)8-7(6-14-15(4)5)9(12)10(8)13/h15H,6H2,1-5H3. The average Bonchev–Trinajstić information content (AvgIpc) is 2.07. The van der Waals surface area contributed by atoms with Crippen molar-refractivity contribution < 1.29 is 4.43 Å². The quantitative estimate of drug-likeness (QED) is 0.572. The van der Waals surface area contributed by atoms with Crippen LogP contribution in [0.3, 0.4) is 0 Å². The van der Waals surface area contributed by atoms with Crippen molar-refractivity contribution in [3.63, 3.8) is 0 Å². The van der Waals surface area contributed by atoms with Gasteiger partial charge < -0.3 is 4.43 Å². The molecule has 0 heterocycles. The third-order valence-corrected chi connectivity index (χ3v) is 3.15. The van der Waals surface area contributed by atoms with Gasteiger partial charge in [0.1, 0.15) is 0 Å². The minimum absolute atomic E-state index is 0.248. The van der Waals surface area contributed by atoms with Crippen LogP contribution in [0.1, 0.15) is 31.9 Å². The monoisotopic (exact) mass is 226 g/mol. The van der Waals surface area contributed by atoms with E-state index >= 15 is 0 Å². The second kappa shape index (κ2) is 4.02. The molecule has 3 nitrogen and oxygen atoms in total. The van der Waals surface area contributed by atoms with Crippen molar-refractivity contribution in [1.82, 2.24) is 0 Å². The van der Waals surface area contributed by atoms with E-state index in [1.165, 1.54) is 0 Å². The molecule has 4 heteroatoms. The maximum Gasteiger partial charge on any atom is 0.231 e. The fourth-order valence-corrected chi connectivity index (χ4v) is 2.12. The molecular formula is C11H18O3Si. The van der Waals surface area contributed by atoms with Crippen LogP contribution in [0.15, 0.2) is 9.59 Å². The summed E-state index contributed by atoms with van der Waals surface area (Å²) in [5.74, 6) is 0. The summed E-state index contributed by atoms with van der Waals surface area (Å²) >= 11 is 0. The molecule has 0 aliphatic heterocycles. The number of rotatable bonds is 3. The molecule has 1 rings (SSSR count). The third kappa shape index (κ3) is 2.44. The largest absolute Gasteiger partial charge is 0.416 e. The second-order valence-corrected chi connectivity index (χ2v) is 7.55. The molecule has 0 aliphatic rings. The topological polar surface area (TPSA) is 43.4 Å². The molecule has 0 N–H and O–H groups in total. The molecule has 0 radical (unpaired) electrons. The first-order chi connectivity index (χ1) is 6.75. The predicted molar refractivity (Wildman–Crippen MR) is 63.7 cm³/mol. The van der Waals surface area contributed by atoms with Gasteiger partial charge in [0.25, 0.3) is 0 Å². The summed E-state index contributed by atoms with van der Waals surface area (Å²) in [5, 5.41) is 0. The fourth-order valence-electron chi connectivity index (χ4n) is 1.62. The van der Waals surface area contributed by atoms with Crippen LogP contribution >= 0.6 is 0 Å². The van der Waals surface area contributed by atoms with Gasteiger partial charge in [-0.25, -0.2) is 0 Å². The van der Waals surface area contributed by atoms with Crippen molar-refractivity contribution >= 4 is 9.04 Å². The van der Waals surface area contributed by atoms with Gasteiger partial charge in [-0.05, 0) is 18.5 Å². The van der Waals surface area contributed by atoms with E-state index in [1.807, 2.05) is 33.9 Å². The van der Waals surface area contributed by atoms with Crippen molar-refractivity contribution in [3.8, 4) is 0 Å². The molecule has 0 fully saturated rings. The Labute approximate surface area is 91.5 Å². The second-order valence-electron chi connectivity index (χ2n) is 5.12. The Morgan fingerprint density at radius 3 is 2.07 bits per heavy atom. The molecule has 0 unspecified atom stereocenters. The summed E-state index contributed by atoms with van der Waals surface area (Å²) in [7, 11) is -1.13. The van der Waals surface area contributed by atoms with Crippen molar-refractivity contribution in [3.05, 3.63) is 31.6 Å². The van der Waals surface area contributed by atoms with Gasteiger partial charge in [-0.1, -0.05) is 20.8 Å². The molecule has 0 amide bonds. The Kier molecular flexibility index (Phi) is 3.30. The Bertz CT molecular complexity index is 419. The first-order valence-corrected chi connectivity index (χ1v) is 7.97. The van der Waals surface area contributed by atoms with E-state index in [4.69, 9.17) is 4.43 Å². The Balaban J connectivity index is 2.96. The SMILES string of the molecule is C[SiH](C)OCc1c(C(C)(C)C)c(=O)c1=O. The maximum absolute atomic E-state index is 11.4. The van der Waals surface area contributed by atoms with Gasteiger partial charge in [-0.3, -0.25) is 9.59 Å². The molecular weight excluding hydrogens is 208 g/mol. The van der Waals surface area contributed by atoms with E-state index in [0.717, 1.165) is 0 Å². The van der Waals surface area contributed by atoms with E-state index < -0.39 is 9.04 Å². The summed E-state index contributed by atoms with van der Waals surface area (Å²) < 4.78 is 5.50. The summed E-state index contributed by atoms with van der Waals surface area (Å²) in [6.45, 7) is 10.2. The van der Waals surface area contributed by atoms with E-state index in [0.29, 0.717) is 17.7 Å². The third-order valence-electron chi connectivity index (χ3n) is 2.32. The highest BCUT2D eigenvalue weighted by atomic mass is 28.3. The van der Waals surface area contributed by atoms with Crippen LogP contribution in [0.2, 0.25) is 13.1 Å². The van der Waals surface area contributed by atoms with Crippen LogP contribution in [0.4, 0.5) is 0 Å². The molecule has 0 aliphatic carbocycles. The molecule has 1 aromatic carbocycles. The van der Waals surface area contributed by atoms with Gasteiger partial charge in [0, 0.05) is 11.1 Å². The molecule has 0 saturated carbocycles. The highest BCUT2D eigenvalue weighted by molar-refractivity contribution is 6.48. The minimum Gasteiger partial charge on any atom is -0.416 e. The molecule has 0 spiro atoms. The van der Waals surface area contributed by atoms with Crippen molar-refractivity contribution in [2.45, 2.75) is 45.9 Å². The van der Waals surface area contributed by atoms with Crippen LogP contribution < -0.4 is 10.9 Å². The fraction of sp³-hybridized carbons (Fsp3) is 0.636. The van der Waals surface area contributed by atoms with Gasteiger partial charge in [-0.15, -0.1) is 0 Å². The van der Waals surface area contributed by atoms with Gasteiger partial charge in [0.15, 0.2) is 9.04 Å². The van der Waals surface area contributed by atoms with Gasteiger partial charge in [0.05, 0.1) is 6.61 Å². The van der Waals surface area contributed by atoms with Crippen LogP contribution in [0, 0.1) is 0 Å². The lowest BCUT2D eigenvalue weighted by Crippen LogP contribution is -2.45. The van der Waals surface area contributed by atoms with Crippen molar-refractivity contribution in [1.29, 1.82) is 0 Å². The minimum atomic E-state index is -1.13. The number of hydrogen-bond donors (Lipinski definition) is 0. The molecule has 0 atom stereocenters. The lowest BCUT2D eigenvalue weighted by molar-refractivity contribution is 0.306. The summed E-state index contributed by atoms with van der Waals surface area (Å²) in [6, 6.07) is 0. The lowest BCUT2D eigenvalue weighted by Gasteiger charge is -2.23. The summed E-state index contributed by atoms with van der Waals surface area (Å²) in [4.78, 5) is 22.8. The van der Waals surface area contributed by atoms with Gasteiger partial charge in [0.2, 0.25) is 10.9 Å². The van der Waals surface area contributed by atoms with E-state index in [1.54, 1.807) is 0 Å². The molecule has 0 aromatic heterocycles. The van der Waals surface area contributed by atoms with Crippen LogP contribution in [0.25, 0.3) is 0 Å². The van der Waals surface area contributed by atoms with E-state index in [2.05, 4.69) is 0 Å².